The van der Waals surface area contributed by atoms with Crippen molar-refractivity contribution in [1.82, 2.24) is 9.78 Å². The number of hydrogen-bond donors (Lipinski definition) is 1. The summed E-state index contributed by atoms with van der Waals surface area (Å²) in [6.45, 7) is 6.95. The van der Waals surface area contributed by atoms with Gasteiger partial charge < -0.3 is 10.5 Å². The van der Waals surface area contributed by atoms with E-state index in [9.17, 15) is 0 Å². The fraction of sp³-hybridized carbons (Fsp3) is 0.769. The van der Waals surface area contributed by atoms with E-state index in [2.05, 4.69) is 18.9 Å². The Morgan fingerprint density at radius 1 is 1.53 bits per heavy atom. The number of nitrogens with two attached hydrogens (primary N) is 1. The van der Waals surface area contributed by atoms with Gasteiger partial charge in [0.25, 0.3) is 0 Å². The van der Waals surface area contributed by atoms with E-state index in [1.165, 1.54) is 5.69 Å². The van der Waals surface area contributed by atoms with Crippen LogP contribution in [0.3, 0.4) is 0 Å². The molecule has 1 aromatic rings. The minimum Gasteiger partial charge on any atom is -0.374 e. The van der Waals surface area contributed by atoms with Gasteiger partial charge in [-0.2, -0.15) is 5.10 Å². The molecule has 0 fully saturated rings. The topological polar surface area (TPSA) is 53.1 Å². The van der Waals surface area contributed by atoms with Gasteiger partial charge in [0.05, 0.1) is 5.60 Å². The molecule has 98 valence electrons. The number of aryl methyl sites for hydroxylation is 2. The van der Waals surface area contributed by atoms with E-state index in [4.69, 9.17) is 10.5 Å². The van der Waals surface area contributed by atoms with E-state index in [1.807, 2.05) is 30.9 Å². The van der Waals surface area contributed by atoms with Crippen molar-refractivity contribution in [3.63, 3.8) is 0 Å². The maximum absolute atomic E-state index is 6.26. The first-order valence-electron chi connectivity index (χ1n) is 6.40. The lowest BCUT2D eigenvalue weighted by Crippen LogP contribution is -2.47. The maximum Gasteiger partial charge on any atom is 0.0802 e. The summed E-state index contributed by atoms with van der Waals surface area (Å²) in [5, 5.41) is 4.16. The van der Waals surface area contributed by atoms with Crippen LogP contribution in [0.15, 0.2) is 12.3 Å². The Labute approximate surface area is 104 Å². The maximum atomic E-state index is 6.26. The van der Waals surface area contributed by atoms with Gasteiger partial charge in [-0.15, -0.1) is 0 Å². The standard InChI is InChI=1S/C13H25N3O/c1-5-13(3,17-6-2)12(14)8-7-11-9-10-15-16(11)4/h9-10,12H,5-8,14H2,1-4H3. The molecule has 0 aliphatic rings. The molecule has 0 aromatic carbocycles. The van der Waals surface area contributed by atoms with E-state index in [0.29, 0.717) is 6.61 Å². The molecule has 17 heavy (non-hydrogen) atoms. The first-order valence-corrected chi connectivity index (χ1v) is 6.40. The fourth-order valence-electron chi connectivity index (χ4n) is 2.06. The Morgan fingerprint density at radius 3 is 2.71 bits per heavy atom. The highest BCUT2D eigenvalue weighted by Crippen LogP contribution is 2.22. The first-order chi connectivity index (χ1) is 8.03. The van der Waals surface area contributed by atoms with Crippen LogP contribution in [0, 0.1) is 0 Å². The molecule has 0 saturated heterocycles. The highest BCUT2D eigenvalue weighted by atomic mass is 16.5. The lowest BCUT2D eigenvalue weighted by molar-refractivity contribution is -0.0479. The van der Waals surface area contributed by atoms with Crippen molar-refractivity contribution in [3.05, 3.63) is 18.0 Å². The summed E-state index contributed by atoms with van der Waals surface area (Å²) in [4.78, 5) is 0. The molecule has 2 unspecified atom stereocenters. The van der Waals surface area contributed by atoms with Crippen LogP contribution in [0.5, 0.6) is 0 Å². The molecule has 1 aromatic heterocycles. The Kier molecular flexibility index (Phi) is 5.15. The summed E-state index contributed by atoms with van der Waals surface area (Å²) < 4.78 is 7.69. The summed E-state index contributed by atoms with van der Waals surface area (Å²) in [5.41, 5.74) is 7.26. The minimum absolute atomic E-state index is 0.0577. The number of aromatic nitrogens is 2. The van der Waals surface area contributed by atoms with Crippen LogP contribution < -0.4 is 5.73 Å². The molecule has 2 N–H and O–H groups in total. The van der Waals surface area contributed by atoms with Crippen molar-refractivity contribution in [2.75, 3.05) is 6.61 Å². The van der Waals surface area contributed by atoms with Crippen LogP contribution in [-0.4, -0.2) is 28.0 Å². The molecule has 4 nitrogen and oxygen atoms in total. The summed E-state index contributed by atoms with van der Waals surface area (Å²) in [5.74, 6) is 0. The van der Waals surface area contributed by atoms with Crippen LogP contribution in [0.4, 0.5) is 0 Å². The largest absolute Gasteiger partial charge is 0.374 e. The van der Waals surface area contributed by atoms with Crippen LogP contribution in [0.1, 0.15) is 39.3 Å². The third-order valence-corrected chi connectivity index (χ3v) is 3.59. The SMILES string of the molecule is CCOC(C)(CC)C(N)CCc1ccnn1C. The molecule has 0 radical (unpaired) electrons. The average molecular weight is 239 g/mol. The van der Waals surface area contributed by atoms with Crippen LogP contribution in [-0.2, 0) is 18.2 Å². The Bertz CT molecular complexity index is 337. The zero-order valence-corrected chi connectivity index (χ0v) is 11.4. The molecule has 2 atom stereocenters. The zero-order chi connectivity index (χ0) is 12.9. The highest BCUT2D eigenvalue weighted by Gasteiger charge is 2.30. The molecular formula is C13H25N3O. The number of ether oxygens (including phenoxy) is 1. The summed E-state index contributed by atoms with van der Waals surface area (Å²) >= 11 is 0. The monoisotopic (exact) mass is 239 g/mol. The second kappa shape index (κ2) is 6.17. The van der Waals surface area contributed by atoms with Gasteiger partial charge in [0.2, 0.25) is 0 Å². The average Bonchev–Trinajstić information content (AvgIpc) is 2.72. The van der Waals surface area contributed by atoms with Crippen LogP contribution in [0.2, 0.25) is 0 Å². The Hall–Kier alpha value is -0.870. The van der Waals surface area contributed by atoms with Gasteiger partial charge in [-0.25, -0.2) is 0 Å². The van der Waals surface area contributed by atoms with Crippen molar-refractivity contribution >= 4 is 0 Å². The predicted molar refractivity (Wildman–Crippen MR) is 69.8 cm³/mol. The van der Waals surface area contributed by atoms with E-state index in [0.717, 1.165) is 19.3 Å². The molecule has 0 aliphatic heterocycles. The summed E-state index contributed by atoms with van der Waals surface area (Å²) in [6.07, 6.45) is 4.63. The third-order valence-electron chi connectivity index (χ3n) is 3.59. The lowest BCUT2D eigenvalue weighted by Gasteiger charge is -2.34. The molecule has 1 rings (SSSR count). The van der Waals surface area contributed by atoms with Crippen molar-refractivity contribution in [3.8, 4) is 0 Å². The zero-order valence-electron chi connectivity index (χ0n) is 11.4. The first kappa shape index (κ1) is 14.2. The van der Waals surface area contributed by atoms with Crippen LogP contribution in [0.25, 0.3) is 0 Å². The molecule has 1 heterocycles. The van der Waals surface area contributed by atoms with E-state index in [-0.39, 0.29) is 11.6 Å². The second-order valence-electron chi connectivity index (χ2n) is 4.69. The molecule has 0 spiro atoms. The van der Waals surface area contributed by atoms with Gasteiger partial charge in [0, 0.05) is 31.6 Å². The van der Waals surface area contributed by atoms with Crippen molar-refractivity contribution in [1.29, 1.82) is 0 Å². The highest BCUT2D eigenvalue weighted by molar-refractivity contribution is 5.01. The molecule has 0 bridgehead atoms. The van der Waals surface area contributed by atoms with E-state index >= 15 is 0 Å². The molecule has 0 aliphatic carbocycles. The van der Waals surface area contributed by atoms with Crippen molar-refractivity contribution in [2.24, 2.45) is 12.8 Å². The molecule has 4 heteroatoms. The molecule has 0 saturated carbocycles. The number of nitrogens with zero attached hydrogens (tertiary/aromatic N) is 2. The lowest BCUT2D eigenvalue weighted by atomic mass is 9.90. The van der Waals surface area contributed by atoms with Crippen molar-refractivity contribution < 1.29 is 4.74 Å². The number of hydrogen-bond acceptors (Lipinski definition) is 3. The van der Waals surface area contributed by atoms with Gasteiger partial charge in [0.1, 0.15) is 0 Å². The fourth-order valence-corrected chi connectivity index (χ4v) is 2.06. The Balaban J connectivity index is 2.53. The predicted octanol–water partition coefficient (Wildman–Crippen LogP) is 1.89. The summed E-state index contributed by atoms with van der Waals surface area (Å²) in [6, 6.07) is 2.10. The van der Waals surface area contributed by atoms with Gasteiger partial charge >= 0.3 is 0 Å². The normalized spacial score (nSPS) is 16.8. The second-order valence-corrected chi connectivity index (χ2v) is 4.69. The third kappa shape index (κ3) is 3.54. The quantitative estimate of drug-likeness (QED) is 0.790. The summed E-state index contributed by atoms with van der Waals surface area (Å²) in [7, 11) is 1.96. The van der Waals surface area contributed by atoms with E-state index in [1.54, 1.807) is 0 Å². The molecule has 0 amide bonds. The molecular weight excluding hydrogens is 214 g/mol. The van der Waals surface area contributed by atoms with Gasteiger partial charge in [-0.3, -0.25) is 4.68 Å². The van der Waals surface area contributed by atoms with Crippen LogP contribution >= 0.6 is 0 Å². The Morgan fingerprint density at radius 2 is 2.24 bits per heavy atom. The van der Waals surface area contributed by atoms with Crippen molar-refractivity contribution in [2.45, 2.75) is 51.7 Å². The number of rotatable bonds is 7. The van der Waals surface area contributed by atoms with Gasteiger partial charge in [-0.05, 0) is 39.2 Å². The van der Waals surface area contributed by atoms with Gasteiger partial charge in [-0.1, -0.05) is 6.92 Å². The minimum atomic E-state index is -0.215. The smallest absolute Gasteiger partial charge is 0.0802 e. The van der Waals surface area contributed by atoms with Gasteiger partial charge in [0.15, 0.2) is 0 Å². The van der Waals surface area contributed by atoms with E-state index < -0.39 is 0 Å².